The lowest BCUT2D eigenvalue weighted by Gasteiger charge is -2.03. The fourth-order valence-corrected chi connectivity index (χ4v) is 4.25. The molecule has 0 N–H and O–H groups in total. The SMILES string of the molecule is Cc1nc(Cn2cnc3sc4c(c3c2=O)CCCCC4)no1. The molecular formula is C15H16N4O2S. The third-order valence-electron chi connectivity index (χ3n) is 4.07. The van der Waals surface area contributed by atoms with Gasteiger partial charge in [-0.2, -0.15) is 4.98 Å². The topological polar surface area (TPSA) is 73.8 Å². The van der Waals surface area contributed by atoms with Crippen LogP contribution in [0, 0.1) is 6.92 Å². The minimum atomic E-state index is 0.00635. The van der Waals surface area contributed by atoms with Gasteiger partial charge in [0.2, 0.25) is 5.89 Å². The number of hydrogen-bond acceptors (Lipinski definition) is 6. The highest BCUT2D eigenvalue weighted by Crippen LogP contribution is 2.32. The zero-order valence-electron chi connectivity index (χ0n) is 12.3. The molecule has 3 heterocycles. The molecule has 0 spiro atoms. The predicted octanol–water partition coefficient (Wildman–Crippen LogP) is 2.47. The van der Waals surface area contributed by atoms with Crippen LogP contribution >= 0.6 is 11.3 Å². The van der Waals surface area contributed by atoms with Crippen molar-refractivity contribution >= 4 is 21.6 Å². The Morgan fingerprint density at radius 1 is 1.32 bits per heavy atom. The molecule has 3 aromatic rings. The van der Waals surface area contributed by atoms with Crippen LogP contribution in [0.3, 0.4) is 0 Å². The summed E-state index contributed by atoms with van der Waals surface area (Å²) in [7, 11) is 0. The standard InChI is InChI=1S/C15H16N4O2S/c1-9-17-12(18-21-9)7-19-8-16-14-13(15(19)20)10-5-3-2-4-6-11(10)22-14/h8H,2-7H2,1H3. The third kappa shape index (κ3) is 2.25. The number of fused-ring (bicyclic) bond motifs is 3. The zero-order valence-corrected chi connectivity index (χ0v) is 13.2. The fourth-order valence-electron chi connectivity index (χ4n) is 3.03. The van der Waals surface area contributed by atoms with E-state index in [4.69, 9.17) is 4.52 Å². The second kappa shape index (κ2) is 5.31. The van der Waals surface area contributed by atoms with Crippen LogP contribution in [0.5, 0.6) is 0 Å². The maximum Gasteiger partial charge on any atom is 0.262 e. The number of hydrogen-bond donors (Lipinski definition) is 0. The molecule has 0 fully saturated rings. The van der Waals surface area contributed by atoms with Crippen LogP contribution in [-0.2, 0) is 19.4 Å². The summed E-state index contributed by atoms with van der Waals surface area (Å²) in [6, 6.07) is 0. The van der Waals surface area contributed by atoms with Crippen molar-refractivity contribution < 1.29 is 4.52 Å². The molecular weight excluding hydrogens is 300 g/mol. The lowest BCUT2D eigenvalue weighted by molar-refractivity contribution is 0.386. The van der Waals surface area contributed by atoms with Gasteiger partial charge in [-0.3, -0.25) is 9.36 Å². The Hall–Kier alpha value is -2.02. The Balaban J connectivity index is 1.82. The van der Waals surface area contributed by atoms with Crippen molar-refractivity contribution in [3.63, 3.8) is 0 Å². The molecule has 0 amide bonds. The maximum atomic E-state index is 12.8. The first kappa shape index (κ1) is 13.6. The lowest BCUT2D eigenvalue weighted by atomic mass is 10.1. The summed E-state index contributed by atoms with van der Waals surface area (Å²) in [5.74, 6) is 1.00. The largest absolute Gasteiger partial charge is 0.340 e. The van der Waals surface area contributed by atoms with Gasteiger partial charge in [-0.05, 0) is 31.2 Å². The summed E-state index contributed by atoms with van der Waals surface area (Å²) in [6.45, 7) is 2.03. The minimum Gasteiger partial charge on any atom is -0.340 e. The number of nitrogens with zero attached hydrogens (tertiary/aromatic N) is 4. The van der Waals surface area contributed by atoms with E-state index in [2.05, 4.69) is 15.1 Å². The lowest BCUT2D eigenvalue weighted by Crippen LogP contribution is -2.22. The fraction of sp³-hybridized carbons (Fsp3) is 0.467. The molecule has 1 aliphatic carbocycles. The molecule has 6 nitrogen and oxygen atoms in total. The van der Waals surface area contributed by atoms with Crippen LogP contribution in [0.2, 0.25) is 0 Å². The van der Waals surface area contributed by atoms with E-state index in [-0.39, 0.29) is 5.56 Å². The van der Waals surface area contributed by atoms with E-state index < -0.39 is 0 Å². The highest BCUT2D eigenvalue weighted by molar-refractivity contribution is 7.18. The van der Waals surface area contributed by atoms with Crippen molar-refractivity contribution in [1.29, 1.82) is 0 Å². The van der Waals surface area contributed by atoms with Crippen LogP contribution in [0.25, 0.3) is 10.2 Å². The molecule has 0 bridgehead atoms. The molecule has 114 valence electrons. The molecule has 0 unspecified atom stereocenters. The first-order valence-corrected chi connectivity index (χ1v) is 8.33. The summed E-state index contributed by atoms with van der Waals surface area (Å²) < 4.78 is 6.54. The van der Waals surface area contributed by atoms with Gasteiger partial charge in [0, 0.05) is 11.8 Å². The summed E-state index contributed by atoms with van der Waals surface area (Å²) in [6.07, 6.45) is 7.23. The average molecular weight is 316 g/mol. The smallest absolute Gasteiger partial charge is 0.262 e. The summed E-state index contributed by atoms with van der Waals surface area (Å²) in [5, 5.41) is 4.65. The van der Waals surface area contributed by atoms with E-state index in [9.17, 15) is 4.79 Å². The van der Waals surface area contributed by atoms with Crippen molar-refractivity contribution in [1.82, 2.24) is 19.7 Å². The normalized spacial score (nSPS) is 15.0. The van der Waals surface area contributed by atoms with Crippen LogP contribution in [-0.4, -0.2) is 19.7 Å². The van der Waals surface area contributed by atoms with E-state index in [1.54, 1.807) is 29.2 Å². The van der Waals surface area contributed by atoms with Gasteiger partial charge >= 0.3 is 0 Å². The predicted molar refractivity (Wildman–Crippen MR) is 83.3 cm³/mol. The van der Waals surface area contributed by atoms with Gasteiger partial charge in [-0.1, -0.05) is 11.6 Å². The van der Waals surface area contributed by atoms with Crippen molar-refractivity contribution in [2.75, 3.05) is 0 Å². The Labute approximate surface area is 130 Å². The highest BCUT2D eigenvalue weighted by Gasteiger charge is 2.19. The summed E-state index contributed by atoms with van der Waals surface area (Å²) in [4.78, 5) is 23.7. The molecule has 0 radical (unpaired) electrons. The van der Waals surface area contributed by atoms with Gasteiger partial charge in [0.1, 0.15) is 4.83 Å². The molecule has 0 atom stereocenters. The molecule has 3 aromatic heterocycles. The van der Waals surface area contributed by atoms with Crippen LogP contribution in [0.1, 0.15) is 41.4 Å². The van der Waals surface area contributed by atoms with Gasteiger partial charge in [0.05, 0.1) is 18.3 Å². The monoisotopic (exact) mass is 316 g/mol. The average Bonchev–Trinajstić information content (AvgIpc) is 2.99. The number of thiophene rings is 1. The molecule has 22 heavy (non-hydrogen) atoms. The molecule has 0 aliphatic heterocycles. The van der Waals surface area contributed by atoms with Crippen LogP contribution < -0.4 is 5.56 Å². The van der Waals surface area contributed by atoms with Crippen molar-refractivity contribution in [2.45, 2.75) is 45.6 Å². The van der Waals surface area contributed by atoms with Gasteiger partial charge in [-0.15, -0.1) is 11.3 Å². The zero-order chi connectivity index (χ0) is 15.1. The van der Waals surface area contributed by atoms with E-state index in [0.29, 0.717) is 18.3 Å². The molecule has 7 heteroatoms. The first-order chi connectivity index (χ1) is 10.7. The summed E-state index contributed by atoms with van der Waals surface area (Å²) >= 11 is 1.67. The molecule has 0 saturated heterocycles. The Morgan fingerprint density at radius 2 is 2.18 bits per heavy atom. The quantitative estimate of drug-likeness (QED) is 0.679. The van der Waals surface area contributed by atoms with Crippen LogP contribution in [0.4, 0.5) is 0 Å². The number of rotatable bonds is 2. The second-order valence-corrected chi connectivity index (χ2v) is 6.74. The Bertz CT molecular complexity index is 893. The first-order valence-electron chi connectivity index (χ1n) is 7.51. The third-order valence-corrected chi connectivity index (χ3v) is 5.27. The van der Waals surface area contributed by atoms with Gasteiger partial charge < -0.3 is 4.52 Å². The molecule has 4 rings (SSSR count). The van der Waals surface area contributed by atoms with Crippen molar-refractivity contribution in [3.05, 3.63) is 38.8 Å². The van der Waals surface area contributed by atoms with E-state index >= 15 is 0 Å². The molecule has 1 aliphatic rings. The van der Waals surface area contributed by atoms with Crippen LogP contribution in [0.15, 0.2) is 15.6 Å². The second-order valence-electron chi connectivity index (χ2n) is 5.65. The molecule has 0 aromatic carbocycles. The van der Waals surface area contributed by atoms with E-state index in [1.807, 2.05) is 0 Å². The maximum absolute atomic E-state index is 12.8. The van der Waals surface area contributed by atoms with Gasteiger partial charge in [0.25, 0.3) is 5.56 Å². The summed E-state index contributed by atoms with van der Waals surface area (Å²) in [5.41, 5.74) is 1.22. The highest BCUT2D eigenvalue weighted by atomic mass is 32.1. The van der Waals surface area contributed by atoms with Gasteiger partial charge in [-0.25, -0.2) is 4.98 Å². The van der Waals surface area contributed by atoms with E-state index in [0.717, 1.165) is 29.5 Å². The van der Waals surface area contributed by atoms with Crippen molar-refractivity contribution in [3.8, 4) is 0 Å². The van der Waals surface area contributed by atoms with E-state index in [1.165, 1.54) is 23.3 Å². The molecule has 0 saturated carbocycles. The minimum absolute atomic E-state index is 0.00635. The van der Waals surface area contributed by atoms with Gasteiger partial charge in [0.15, 0.2) is 5.82 Å². The Kier molecular flexibility index (Phi) is 3.29. The number of aryl methyl sites for hydroxylation is 3. The number of aromatic nitrogens is 4. The van der Waals surface area contributed by atoms with Crippen molar-refractivity contribution in [2.24, 2.45) is 0 Å². The Morgan fingerprint density at radius 3 is 3.00 bits per heavy atom.